The van der Waals surface area contributed by atoms with Crippen LogP contribution in [0.4, 0.5) is 10.6 Å². The summed E-state index contributed by atoms with van der Waals surface area (Å²) in [5.41, 5.74) is 4.00. The van der Waals surface area contributed by atoms with Crippen LogP contribution < -0.4 is 10.2 Å². The Bertz CT molecular complexity index is 1950. The predicted octanol–water partition coefficient (Wildman–Crippen LogP) is 6.75. The van der Waals surface area contributed by atoms with Crippen LogP contribution >= 0.6 is 11.6 Å². The second-order valence-corrected chi connectivity index (χ2v) is 14.2. The van der Waals surface area contributed by atoms with Gasteiger partial charge in [-0.1, -0.05) is 92.2 Å². The lowest BCUT2D eigenvalue weighted by Crippen LogP contribution is -2.53. The number of aliphatic hydroxyl groups is 1. The number of aromatic nitrogens is 2. The van der Waals surface area contributed by atoms with Crippen molar-refractivity contribution >= 4 is 35.3 Å². The minimum atomic E-state index is -1.22. The molecule has 1 aliphatic heterocycles. The van der Waals surface area contributed by atoms with E-state index in [4.69, 9.17) is 21.3 Å². The molecule has 2 atom stereocenters. The third-order valence-electron chi connectivity index (χ3n) is 9.70. The van der Waals surface area contributed by atoms with E-state index in [0.29, 0.717) is 19.3 Å². The topological polar surface area (TPSA) is 125 Å². The predicted molar refractivity (Wildman–Crippen MR) is 200 cm³/mol. The van der Waals surface area contributed by atoms with Crippen LogP contribution in [0.25, 0.3) is 0 Å². The van der Waals surface area contributed by atoms with E-state index < -0.39 is 29.7 Å². The van der Waals surface area contributed by atoms with Gasteiger partial charge in [0.2, 0.25) is 5.91 Å². The number of nitrogens with zero attached hydrogens (tertiary/aromatic N) is 4. The van der Waals surface area contributed by atoms with Crippen LogP contribution in [0.3, 0.4) is 0 Å². The number of carbonyl (C=O) groups is 3. The van der Waals surface area contributed by atoms with Gasteiger partial charge in [0.1, 0.15) is 17.6 Å². The molecule has 0 radical (unpaired) electrons. The molecule has 52 heavy (non-hydrogen) atoms. The van der Waals surface area contributed by atoms with Crippen LogP contribution in [0, 0.1) is 0 Å². The van der Waals surface area contributed by atoms with Crippen molar-refractivity contribution in [1.29, 1.82) is 0 Å². The first kappa shape index (κ1) is 36.7. The lowest BCUT2D eigenvalue weighted by molar-refractivity contribution is -0.116. The zero-order valence-corrected chi connectivity index (χ0v) is 30.4. The molecule has 11 heteroatoms. The van der Waals surface area contributed by atoms with Crippen LogP contribution in [-0.2, 0) is 34.5 Å². The van der Waals surface area contributed by atoms with Crippen molar-refractivity contribution in [2.45, 2.75) is 76.7 Å². The number of halogens is 1. The summed E-state index contributed by atoms with van der Waals surface area (Å²) in [6.45, 7) is 5.82. The minimum absolute atomic E-state index is 0.0464. The fraction of sp³-hybridized carbons (Fsp3) is 0.341. The van der Waals surface area contributed by atoms with Crippen molar-refractivity contribution in [3.8, 4) is 0 Å². The first-order chi connectivity index (χ1) is 25.0. The highest BCUT2D eigenvalue weighted by Crippen LogP contribution is 2.51. The normalized spacial score (nSPS) is 17.4. The van der Waals surface area contributed by atoms with E-state index >= 15 is 0 Å². The number of hydrogen-bond acceptors (Lipinski definition) is 7. The van der Waals surface area contributed by atoms with Crippen LogP contribution in [0.15, 0.2) is 97.2 Å². The molecule has 2 N–H and O–H groups in total. The van der Waals surface area contributed by atoms with E-state index in [1.54, 1.807) is 11.1 Å². The van der Waals surface area contributed by atoms with Crippen LogP contribution in [0.1, 0.15) is 77.8 Å². The maximum Gasteiger partial charge on any atom is 0.410 e. The molecule has 3 amide bonds. The number of anilines is 1. The number of nitrogens with one attached hydrogen (secondary N) is 1. The fourth-order valence-electron chi connectivity index (χ4n) is 6.59. The first-order valence-corrected chi connectivity index (χ1v) is 18.0. The van der Waals surface area contributed by atoms with Gasteiger partial charge in [-0.25, -0.2) is 9.78 Å². The number of aliphatic hydroxyl groups excluding tert-OH is 1. The molecule has 1 saturated carbocycles. The summed E-state index contributed by atoms with van der Waals surface area (Å²) >= 11 is 6.38. The first-order valence-electron chi connectivity index (χ1n) is 17.6. The molecule has 270 valence electrons. The third-order valence-corrected chi connectivity index (χ3v) is 9.89. The second-order valence-electron chi connectivity index (χ2n) is 13.8. The largest absolute Gasteiger partial charge is 0.445 e. The van der Waals surface area contributed by atoms with E-state index in [0.717, 1.165) is 27.9 Å². The number of allylic oxidation sites excluding steroid dienone is 1. The molecule has 0 spiro atoms. The lowest BCUT2D eigenvalue weighted by atomic mass is 9.96. The van der Waals surface area contributed by atoms with Crippen molar-refractivity contribution < 1.29 is 24.2 Å². The van der Waals surface area contributed by atoms with Crippen LogP contribution in [-0.4, -0.2) is 63.1 Å². The van der Waals surface area contributed by atoms with Crippen molar-refractivity contribution in [3.63, 3.8) is 0 Å². The number of benzene rings is 2. The smallest absolute Gasteiger partial charge is 0.410 e. The molecule has 1 fully saturated rings. The Hall–Kier alpha value is -5.06. The molecular weight excluding hydrogens is 678 g/mol. The molecule has 10 nitrogen and oxygen atoms in total. The van der Waals surface area contributed by atoms with Crippen molar-refractivity contribution in [1.82, 2.24) is 20.2 Å². The Morgan fingerprint density at radius 2 is 1.81 bits per heavy atom. The molecule has 2 aromatic carbocycles. The molecule has 6 rings (SSSR count). The molecule has 2 aromatic heterocycles. The molecule has 1 aliphatic carbocycles. The second kappa shape index (κ2) is 16.1. The summed E-state index contributed by atoms with van der Waals surface area (Å²) in [4.78, 5) is 52.7. The van der Waals surface area contributed by atoms with Gasteiger partial charge in [0.25, 0.3) is 5.91 Å². The number of ether oxygens (including phenoxy) is 1. The zero-order chi connectivity index (χ0) is 36.8. The van der Waals surface area contributed by atoms with E-state index in [1.165, 1.54) is 24.0 Å². The Morgan fingerprint density at radius 1 is 1.04 bits per heavy atom. The SMILES string of the molecule is CC(=O)N1CC=CCc2cccc(c2)C[C@@H]([C@H](O)CN(C(=O)OCc2ccccc2)C2(c3cc(C(C)C)ccn3)CC2)NC(=O)c2cc(Cl)nc1c2. The van der Waals surface area contributed by atoms with Gasteiger partial charge in [-0.3, -0.25) is 24.4 Å². The molecule has 0 saturated heterocycles. The third kappa shape index (κ3) is 8.69. The van der Waals surface area contributed by atoms with Crippen molar-refractivity contribution in [3.05, 3.63) is 136 Å². The number of amides is 3. The van der Waals surface area contributed by atoms with E-state index in [1.807, 2.05) is 78.9 Å². The maximum atomic E-state index is 14.1. The van der Waals surface area contributed by atoms with Crippen LogP contribution in [0.5, 0.6) is 0 Å². The highest BCUT2D eigenvalue weighted by molar-refractivity contribution is 6.30. The number of carbonyl (C=O) groups excluding carboxylic acids is 3. The fourth-order valence-corrected chi connectivity index (χ4v) is 6.79. The Labute approximate surface area is 309 Å². The van der Waals surface area contributed by atoms with E-state index in [2.05, 4.69) is 24.1 Å². The average molecular weight is 722 g/mol. The zero-order valence-electron chi connectivity index (χ0n) is 29.7. The highest BCUT2D eigenvalue weighted by atomic mass is 35.5. The van der Waals surface area contributed by atoms with Gasteiger partial charge in [0, 0.05) is 25.2 Å². The summed E-state index contributed by atoms with van der Waals surface area (Å²) in [5, 5.41) is 15.2. The summed E-state index contributed by atoms with van der Waals surface area (Å²) in [6.07, 6.45) is 6.00. The van der Waals surface area contributed by atoms with Gasteiger partial charge in [-0.05, 0) is 78.1 Å². The number of pyridine rings is 2. The molecule has 3 heterocycles. The van der Waals surface area contributed by atoms with E-state index in [9.17, 15) is 19.5 Å². The van der Waals surface area contributed by atoms with Gasteiger partial charge in [-0.15, -0.1) is 0 Å². The lowest BCUT2D eigenvalue weighted by Gasteiger charge is -2.35. The van der Waals surface area contributed by atoms with Crippen molar-refractivity contribution in [2.75, 3.05) is 18.0 Å². The van der Waals surface area contributed by atoms with Gasteiger partial charge in [0.15, 0.2) is 0 Å². The number of fused-ring (bicyclic) bond motifs is 4. The minimum Gasteiger partial charge on any atom is -0.445 e. The molecule has 2 aliphatic rings. The quantitative estimate of drug-likeness (QED) is 0.152. The van der Waals surface area contributed by atoms with Gasteiger partial charge < -0.3 is 15.2 Å². The summed E-state index contributed by atoms with van der Waals surface area (Å²) in [5.74, 6) is -0.277. The Morgan fingerprint density at radius 3 is 2.54 bits per heavy atom. The van der Waals surface area contributed by atoms with Gasteiger partial charge in [-0.2, -0.15) is 0 Å². The molecule has 0 unspecified atom stereocenters. The monoisotopic (exact) mass is 721 g/mol. The Kier molecular flexibility index (Phi) is 11.4. The standard InChI is InChI=1S/C41H44ClN5O5/c1-27(2)32-15-18-43-36(22-32)41(16-17-41)47(40(51)52-26-30-11-5-4-6-12-30)25-35(49)34-21-31-14-9-13-29(20-31)10-7-8-19-46(28(3)48)38-24-33(39(50)44-34)23-37(42)45-38/h4-9,11-15,18,20,22-24,27,34-35,49H,10,16-17,19,21,25-26H2,1-3H3,(H,44,50)/t34-,35+/m0/s1. The number of rotatable bonds is 8. The summed E-state index contributed by atoms with van der Waals surface area (Å²) in [6, 6.07) is 23.5. The van der Waals surface area contributed by atoms with Gasteiger partial charge >= 0.3 is 6.09 Å². The van der Waals surface area contributed by atoms with Crippen molar-refractivity contribution in [2.24, 2.45) is 0 Å². The highest BCUT2D eigenvalue weighted by Gasteiger charge is 2.54. The Balaban J connectivity index is 1.35. The molecule has 4 aromatic rings. The number of hydrogen-bond donors (Lipinski definition) is 2. The molecular formula is C41H44ClN5O5. The summed E-state index contributed by atoms with van der Waals surface area (Å²) in [7, 11) is 0. The summed E-state index contributed by atoms with van der Waals surface area (Å²) < 4.78 is 5.88. The van der Waals surface area contributed by atoms with Gasteiger partial charge in [0.05, 0.1) is 29.9 Å². The van der Waals surface area contributed by atoms with E-state index in [-0.39, 0.29) is 54.5 Å². The molecule has 4 bridgehead atoms. The average Bonchev–Trinajstić information content (AvgIpc) is 3.94. The maximum absolute atomic E-state index is 14.1. The van der Waals surface area contributed by atoms with Crippen LogP contribution in [0.2, 0.25) is 5.15 Å².